The summed E-state index contributed by atoms with van der Waals surface area (Å²) in [6.45, 7) is 1.39. The maximum atomic E-state index is 15.7. The van der Waals surface area contributed by atoms with E-state index >= 15 is 8.78 Å². The Hall–Kier alpha value is -6.05. The second-order valence-electron chi connectivity index (χ2n) is 16.6. The molecule has 5 aromatic rings. The summed E-state index contributed by atoms with van der Waals surface area (Å²) in [5, 5.41) is 26.6. The van der Waals surface area contributed by atoms with Crippen LogP contribution >= 0.6 is 0 Å². The van der Waals surface area contributed by atoms with Gasteiger partial charge in [0.25, 0.3) is 5.56 Å². The van der Waals surface area contributed by atoms with Gasteiger partial charge in [-0.15, -0.1) is 0 Å². The molecule has 4 fully saturated rings. The zero-order chi connectivity index (χ0) is 44.4. The summed E-state index contributed by atoms with van der Waals surface area (Å²) in [6.07, 6.45) is 5.33. The van der Waals surface area contributed by atoms with E-state index in [1.54, 1.807) is 22.4 Å². The van der Waals surface area contributed by atoms with E-state index in [9.17, 15) is 28.1 Å². The zero-order valence-electron chi connectivity index (χ0n) is 34.4. The first kappa shape index (κ1) is 42.3. The monoisotopic (exact) mass is 886 g/mol. The molecule has 21 heteroatoms. The first-order valence-corrected chi connectivity index (χ1v) is 22.0. The minimum Gasteiger partial charge on any atom is -0.453 e. The Labute approximate surface area is 359 Å². The number of aliphatic hydroxyl groups is 1. The molecule has 3 aliphatic heterocycles. The molecule has 3 saturated heterocycles. The van der Waals surface area contributed by atoms with Gasteiger partial charge in [-0.05, 0) is 86.1 Å². The zero-order valence-corrected chi connectivity index (χ0v) is 35.2. The van der Waals surface area contributed by atoms with E-state index in [1.807, 2.05) is 6.07 Å². The molecule has 0 unspecified atom stereocenters. The number of piperidine rings is 1. The molecule has 0 bridgehead atoms. The number of benzene rings is 3. The number of aromatic nitrogens is 4. The lowest BCUT2D eigenvalue weighted by Gasteiger charge is -2.48. The average Bonchev–Trinajstić information content (AvgIpc) is 3.79. The number of urea groups is 1. The van der Waals surface area contributed by atoms with Gasteiger partial charge in [-0.3, -0.25) is 33.8 Å². The number of hydrogen-bond donors (Lipinski definition) is 3. The lowest BCUT2D eigenvalue weighted by molar-refractivity contribution is -0.120. The number of imide groups is 1. The maximum absolute atomic E-state index is 15.7. The van der Waals surface area contributed by atoms with Gasteiger partial charge in [-0.1, -0.05) is 0 Å². The number of amides is 3. The predicted molar refractivity (Wildman–Crippen MR) is 225 cm³/mol. The molecule has 1 saturated carbocycles. The van der Waals surface area contributed by atoms with Crippen molar-refractivity contribution >= 4 is 55.5 Å². The highest BCUT2D eigenvalue weighted by molar-refractivity contribution is 7.90. The predicted octanol–water partition coefficient (Wildman–Crippen LogP) is 3.99. The van der Waals surface area contributed by atoms with Gasteiger partial charge in [-0.2, -0.15) is 23.1 Å². The second kappa shape index (κ2) is 16.3. The summed E-state index contributed by atoms with van der Waals surface area (Å²) in [7, 11) is -1.22. The number of nitrogens with one attached hydrogen (secondary N) is 2. The largest absolute Gasteiger partial charge is 0.453 e. The van der Waals surface area contributed by atoms with Crippen molar-refractivity contribution in [1.82, 2.24) is 33.9 Å². The fourth-order valence-corrected chi connectivity index (χ4v) is 10.2. The number of carbonyl (C=O) groups is 2. The number of rotatable bonds is 11. The summed E-state index contributed by atoms with van der Waals surface area (Å²) in [6, 6.07) is 10.9. The van der Waals surface area contributed by atoms with Gasteiger partial charge in [0.15, 0.2) is 17.4 Å². The molecule has 18 nitrogen and oxygen atoms in total. The highest BCUT2D eigenvalue weighted by Gasteiger charge is 2.46. The first-order chi connectivity index (χ1) is 30.2. The lowest BCUT2D eigenvalue weighted by Crippen LogP contribution is -2.51. The maximum Gasteiger partial charge on any atom is 0.329 e. The molecule has 0 radical (unpaired) electrons. The molecule has 5 heterocycles. The molecule has 1 aliphatic carbocycles. The third kappa shape index (κ3) is 7.75. The van der Waals surface area contributed by atoms with Crippen molar-refractivity contribution in [1.29, 1.82) is 5.26 Å². The molecular weight excluding hydrogens is 843 g/mol. The number of likely N-dealkylation sites (tertiary alicyclic amines) is 1. The van der Waals surface area contributed by atoms with Crippen molar-refractivity contribution in [3.63, 3.8) is 0 Å². The summed E-state index contributed by atoms with van der Waals surface area (Å²) >= 11 is 0. The van der Waals surface area contributed by atoms with Gasteiger partial charge in [-0.25, -0.2) is 18.6 Å². The van der Waals surface area contributed by atoms with Crippen LogP contribution in [0.4, 0.5) is 25.1 Å². The van der Waals surface area contributed by atoms with E-state index in [-0.39, 0.29) is 71.6 Å². The highest BCUT2D eigenvalue weighted by atomic mass is 32.2. The Kier molecular flexibility index (Phi) is 10.9. The number of aliphatic hydroxyl groups excluding tert-OH is 1. The number of aryl methyl sites for hydroxylation is 1. The van der Waals surface area contributed by atoms with Crippen LogP contribution in [-0.4, -0.2) is 112 Å². The fraction of sp³-hybridized carbons (Fsp3) is 0.429. The summed E-state index contributed by atoms with van der Waals surface area (Å²) < 4.78 is 74.8. The van der Waals surface area contributed by atoms with E-state index < -0.39 is 45.6 Å². The molecule has 3 aromatic carbocycles. The van der Waals surface area contributed by atoms with Crippen molar-refractivity contribution in [3.05, 3.63) is 81.9 Å². The number of likely N-dealkylation sites (N-methyl/N-ethyl adjacent to an activating group) is 1. The normalized spacial score (nSPS) is 21.5. The van der Waals surface area contributed by atoms with Gasteiger partial charge in [0.2, 0.25) is 5.91 Å². The SMILES string of the molecule is CN(CCO)S(=O)(=O)Nc1ccc(F)c(Oc2ccc3ncn([C@H]4COC5(CCN(C6CC(c7cc8c(cc7F)c(N7CCC(=O)NC7=O)nn8C)C6)CC5)C4)c(=O)c3c2)c1C#N. The number of fused-ring (bicyclic) bond motifs is 2. The van der Waals surface area contributed by atoms with E-state index in [0.717, 1.165) is 55.2 Å². The van der Waals surface area contributed by atoms with Crippen LogP contribution < -0.4 is 25.2 Å². The summed E-state index contributed by atoms with van der Waals surface area (Å²) in [4.78, 5) is 46.5. The number of nitrogens with zero attached hydrogens (tertiary/aromatic N) is 8. The molecule has 2 aromatic heterocycles. The van der Waals surface area contributed by atoms with Crippen LogP contribution in [0, 0.1) is 23.0 Å². The van der Waals surface area contributed by atoms with Crippen LogP contribution in [0.1, 0.15) is 61.6 Å². The highest BCUT2D eigenvalue weighted by Crippen LogP contribution is 2.46. The third-order valence-electron chi connectivity index (χ3n) is 12.9. The topological polar surface area (TPSA) is 217 Å². The van der Waals surface area contributed by atoms with Crippen molar-refractivity contribution in [2.45, 2.75) is 62.1 Å². The number of anilines is 2. The first-order valence-electron chi connectivity index (χ1n) is 20.6. The van der Waals surface area contributed by atoms with Gasteiger partial charge in [0.1, 0.15) is 23.2 Å². The average molecular weight is 887 g/mol. The number of nitriles is 1. The van der Waals surface area contributed by atoms with Gasteiger partial charge in [0, 0.05) is 58.1 Å². The molecule has 9 rings (SSSR count). The minimum atomic E-state index is -4.20. The molecular formula is C42H44F2N10O8S. The van der Waals surface area contributed by atoms with Crippen molar-refractivity contribution in [3.8, 4) is 17.6 Å². The Balaban J connectivity index is 0.843. The van der Waals surface area contributed by atoms with Crippen molar-refractivity contribution in [2.24, 2.45) is 7.05 Å². The van der Waals surface area contributed by atoms with Crippen LogP contribution in [0.3, 0.4) is 0 Å². The minimum absolute atomic E-state index is 0.0223. The molecule has 63 heavy (non-hydrogen) atoms. The van der Waals surface area contributed by atoms with Crippen molar-refractivity contribution < 1.29 is 41.4 Å². The van der Waals surface area contributed by atoms with E-state index in [2.05, 4.69) is 25.0 Å². The van der Waals surface area contributed by atoms with Crippen LogP contribution in [0.5, 0.6) is 11.5 Å². The fourth-order valence-electron chi connectivity index (χ4n) is 9.22. The van der Waals surface area contributed by atoms with Crippen LogP contribution in [0.25, 0.3) is 21.8 Å². The quantitative estimate of drug-likeness (QED) is 0.172. The molecule has 4 aliphatic rings. The van der Waals surface area contributed by atoms with E-state index in [0.29, 0.717) is 40.8 Å². The smallest absolute Gasteiger partial charge is 0.329 e. The Bertz CT molecular complexity index is 2890. The Morgan fingerprint density at radius 1 is 1.06 bits per heavy atom. The molecule has 3 amide bonds. The van der Waals surface area contributed by atoms with Gasteiger partial charge in [0.05, 0.1) is 53.3 Å². The molecule has 1 atom stereocenters. The number of carbonyl (C=O) groups excluding carboxylic acids is 2. The van der Waals surface area contributed by atoms with Gasteiger partial charge >= 0.3 is 16.2 Å². The lowest BCUT2D eigenvalue weighted by atomic mass is 9.73. The molecule has 3 N–H and O–H groups in total. The Morgan fingerprint density at radius 3 is 2.57 bits per heavy atom. The number of halogens is 2. The van der Waals surface area contributed by atoms with Crippen LogP contribution in [0.2, 0.25) is 0 Å². The summed E-state index contributed by atoms with van der Waals surface area (Å²) in [5.41, 5.74) is 0.249. The third-order valence-corrected chi connectivity index (χ3v) is 14.4. The van der Waals surface area contributed by atoms with Gasteiger partial charge < -0.3 is 19.5 Å². The van der Waals surface area contributed by atoms with Crippen molar-refractivity contribution in [2.75, 3.05) is 56.1 Å². The number of ether oxygens (including phenoxy) is 2. The Morgan fingerprint density at radius 2 is 1.84 bits per heavy atom. The van der Waals surface area contributed by atoms with Crippen LogP contribution in [0.15, 0.2) is 53.6 Å². The molecule has 330 valence electrons. The standard InChI is InChI=1S/C42H44F2N10O8S/c1-50(13-14-55)63(59,60)49-35-6-4-32(43)38(31(35)21-45)62-27-3-5-34-29(17-27)40(57)54(23-46-34)26-20-42(61-22-26)8-11-52(12-9-42)25-15-24(16-25)28-19-36-30(18-33(28)44)39(48-51(36)2)53-10-7-37(56)47-41(53)58/h3-6,17-19,23-26,49,55H,7-16,20,22H2,1-2H3,(H,47,56,58)/t24?,25?,26-/m1/s1. The summed E-state index contributed by atoms with van der Waals surface area (Å²) in [5.74, 6) is -1.81. The van der Waals surface area contributed by atoms with E-state index in [4.69, 9.17) is 14.6 Å². The van der Waals surface area contributed by atoms with E-state index in [1.165, 1.54) is 42.5 Å². The number of hydrogen-bond acceptors (Lipinski definition) is 12. The second-order valence-corrected chi connectivity index (χ2v) is 18.4. The molecule has 1 spiro atoms. The van der Waals surface area contributed by atoms with Crippen LogP contribution in [-0.2, 0) is 26.8 Å².